The molecule has 0 saturated carbocycles. The molecule has 3 aromatic carbocycles. The number of hydrogen-bond acceptors (Lipinski definition) is 4. The van der Waals surface area contributed by atoms with E-state index in [0.717, 1.165) is 16.1 Å². The number of aliphatic hydroxyl groups excluding tert-OH is 1. The highest BCUT2D eigenvalue weighted by Gasteiger charge is 2.29. The number of carbonyl (C=O) groups excluding carboxylic acids is 1. The van der Waals surface area contributed by atoms with Gasteiger partial charge < -0.3 is 9.84 Å². The van der Waals surface area contributed by atoms with Gasteiger partial charge >= 0.3 is 6.09 Å². The van der Waals surface area contributed by atoms with E-state index in [9.17, 15) is 4.79 Å². The molecule has 0 heterocycles. The molecule has 0 aliphatic heterocycles. The molecule has 0 radical (unpaired) electrons. The number of hydrogen-bond donors (Lipinski definition) is 2. The number of ether oxygens (including phenoxy) is 1. The first-order chi connectivity index (χ1) is 14.2. The van der Waals surface area contributed by atoms with Gasteiger partial charge in [0.15, 0.2) is 0 Å². The lowest BCUT2D eigenvalue weighted by Gasteiger charge is -2.15. The minimum atomic E-state index is -0.453. The number of aryl methyl sites for hydroxylation is 1. The van der Waals surface area contributed by atoms with Crippen molar-refractivity contribution in [3.63, 3.8) is 0 Å². The van der Waals surface area contributed by atoms with Gasteiger partial charge in [-0.1, -0.05) is 48.5 Å². The maximum Gasteiger partial charge on any atom is 0.411 e. The molecule has 0 spiro atoms. The van der Waals surface area contributed by atoms with Crippen molar-refractivity contribution < 1.29 is 14.6 Å². The van der Waals surface area contributed by atoms with Crippen molar-refractivity contribution in [2.45, 2.75) is 17.7 Å². The van der Waals surface area contributed by atoms with Crippen molar-refractivity contribution in [3.8, 4) is 11.1 Å². The lowest BCUT2D eigenvalue weighted by molar-refractivity contribution is 0.158. The summed E-state index contributed by atoms with van der Waals surface area (Å²) in [6, 6.07) is 22.4. The van der Waals surface area contributed by atoms with E-state index in [1.165, 1.54) is 22.3 Å². The van der Waals surface area contributed by atoms with E-state index in [2.05, 4.69) is 29.6 Å². The zero-order valence-electron chi connectivity index (χ0n) is 16.2. The summed E-state index contributed by atoms with van der Waals surface area (Å²) in [6.45, 7) is 2.38. The van der Waals surface area contributed by atoms with Crippen LogP contribution >= 0.6 is 11.8 Å². The van der Waals surface area contributed by atoms with E-state index in [-0.39, 0.29) is 12.5 Å². The first-order valence-corrected chi connectivity index (χ1v) is 10.6. The Morgan fingerprint density at radius 2 is 1.69 bits per heavy atom. The van der Waals surface area contributed by atoms with E-state index < -0.39 is 6.09 Å². The van der Waals surface area contributed by atoms with Crippen LogP contribution in [0.15, 0.2) is 71.6 Å². The molecular formula is C24H23NO3S. The second-order valence-electron chi connectivity index (χ2n) is 7.00. The summed E-state index contributed by atoms with van der Waals surface area (Å²) in [4.78, 5) is 13.5. The molecule has 148 valence electrons. The first kappa shape index (κ1) is 19.6. The van der Waals surface area contributed by atoms with E-state index >= 15 is 0 Å². The lowest BCUT2D eigenvalue weighted by atomic mass is 9.98. The van der Waals surface area contributed by atoms with E-state index in [4.69, 9.17) is 9.84 Å². The average molecular weight is 406 g/mol. The van der Waals surface area contributed by atoms with Gasteiger partial charge in [-0.2, -0.15) is 0 Å². The predicted molar refractivity (Wildman–Crippen MR) is 118 cm³/mol. The van der Waals surface area contributed by atoms with Crippen LogP contribution in [0.5, 0.6) is 0 Å². The van der Waals surface area contributed by atoms with Crippen molar-refractivity contribution in [2.24, 2.45) is 0 Å². The summed E-state index contributed by atoms with van der Waals surface area (Å²) in [5.74, 6) is 0.699. The molecule has 0 saturated heterocycles. The number of benzene rings is 3. The molecule has 0 bridgehead atoms. The minimum Gasteiger partial charge on any atom is -0.448 e. The minimum absolute atomic E-state index is 0.0477. The third-order valence-electron chi connectivity index (χ3n) is 5.14. The Kier molecular flexibility index (Phi) is 5.88. The molecule has 0 aromatic heterocycles. The highest BCUT2D eigenvalue weighted by Crippen LogP contribution is 2.44. The van der Waals surface area contributed by atoms with Gasteiger partial charge in [-0.05, 0) is 52.9 Å². The maximum atomic E-state index is 12.4. The molecule has 0 atom stereocenters. The van der Waals surface area contributed by atoms with Crippen LogP contribution in [0, 0.1) is 6.92 Å². The van der Waals surface area contributed by atoms with Crippen LogP contribution in [-0.2, 0) is 4.74 Å². The summed E-state index contributed by atoms with van der Waals surface area (Å²) in [5, 5.41) is 11.8. The highest BCUT2D eigenvalue weighted by atomic mass is 32.2. The molecule has 1 amide bonds. The normalized spacial score (nSPS) is 12.3. The fraction of sp³-hybridized carbons (Fsp3) is 0.208. The van der Waals surface area contributed by atoms with Gasteiger partial charge in [0.25, 0.3) is 0 Å². The van der Waals surface area contributed by atoms with Crippen molar-refractivity contribution in [1.29, 1.82) is 0 Å². The lowest BCUT2D eigenvalue weighted by Crippen LogP contribution is -2.18. The predicted octanol–water partition coefficient (Wildman–Crippen LogP) is 5.44. The van der Waals surface area contributed by atoms with Gasteiger partial charge in [0.1, 0.15) is 6.61 Å². The number of aliphatic hydroxyl groups is 1. The summed E-state index contributed by atoms with van der Waals surface area (Å²) < 4.78 is 5.61. The highest BCUT2D eigenvalue weighted by molar-refractivity contribution is 7.99. The number of amides is 1. The summed E-state index contributed by atoms with van der Waals surface area (Å²) in [7, 11) is 0. The third-order valence-corrected chi connectivity index (χ3v) is 6.11. The zero-order valence-corrected chi connectivity index (χ0v) is 17.0. The van der Waals surface area contributed by atoms with Crippen LogP contribution in [0.1, 0.15) is 22.6 Å². The summed E-state index contributed by atoms with van der Waals surface area (Å²) in [5.41, 5.74) is 6.51. The monoisotopic (exact) mass is 405 g/mol. The molecule has 0 unspecified atom stereocenters. The van der Waals surface area contributed by atoms with Gasteiger partial charge in [-0.3, -0.25) is 5.32 Å². The number of thioether (sulfide) groups is 1. The number of anilines is 1. The number of rotatable bonds is 6. The molecule has 4 nitrogen and oxygen atoms in total. The van der Waals surface area contributed by atoms with E-state index in [0.29, 0.717) is 12.4 Å². The molecule has 1 aliphatic rings. The third kappa shape index (κ3) is 4.16. The fourth-order valence-electron chi connectivity index (χ4n) is 3.77. The first-order valence-electron chi connectivity index (χ1n) is 9.63. The smallest absolute Gasteiger partial charge is 0.411 e. The zero-order chi connectivity index (χ0) is 20.2. The quantitative estimate of drug-likeness (QED) is 0.536. The second-order valence-corrected chi connectivity index (χ2v) is 8.17. The number of nitrogens with one attached hydrogen (secondary N) is 1. The van der Waals surface area contributed by atoms with Gasteiger partial charge in [0.05, 0.1) is 6.61 Å². The fourth-order valence-corrected chi connectivity index (χ4v) is 4.53. The van der Waals surface area contributed by atoms with Crippen LogP contribution in [0.25, 0.3) is 11.1 Å². The van der Waals surface area contributed by atoms with Gasteiger partial charge in [0.2, 0.25) is 0 Å². The van der Waals surface area contributed by atoms with Crippen LogP contribution in [0.3, 0.4) is 0 Å². The second kappa shape index (κ2) is 8.72. The van der Waals surface area contributed by atoms with Crippen molar-refractivity contribution >= 4 is 23.5 Å². The standard InChI is InChI=1S/C24H23NO3S/c1-16-14-17(29-13-12-26)10-11-23(16)25-24(27)28-15-22-20-8-4-2-6-18(20)19-7-3-5-9-21(19)22/h2-11,14,22,26H,12-13,15H2,1H3,(H,25,27). The Hall–Kier alpha value is -2.76. The van der Waals surface area contributed by atoms with Crippen LogP contribution < -0.4 is 5.32 Å². The molecule has 3 aromatic rings. The van der Waals surface area contributed by atoms with E-state index in [1.807, 2.05) is 49.4 Å². The average Bonchev–Trinajstić information content (AvgIpc) is 3.06. The van der Waals surface area contributed by atoms with Gasteiger partial charge in [0, 0.05) is 22.3 Å². The van der Waals surface area contributed by atoms with Crippen molar-refractivity contribution in [3.05, 3.63) is 83.4 Å². The van der Waals surface area contributed by atoms with Crippen LogP contribution in [-0.4, -0.2) is 30.2 Å². The van der Waals surface area contributed by atoms with Crippen molar-refractivity contribution in [1.82, 2.24) is 0 Å². The summed E-state index contributed by atoms with van der Waals surface area (Å²) in [6.07, 6.45) is -0.453. The Labute approximate surface area is 174 Å². The molecule has 4 rings (SSSR count). The SMILES string of the molecule is Cc1cc(SCCO)ccc1NC(=O)OCC1c2ccccc2-c2ccccc21. The van der Waals surface area contributed by atoms with Crippen LogP contribution in [0.4, 0.5) is 10.5 Å². The molecule has 2 N–H and O–H groups in total. The summed E-state index contributed by atoms with van der Waals surface area (Å²) >= 11 is 1.58. The Bertz CT molecular complexity index is 989. The topological polar surface area (TPSA) is 58.6 Å². The Morgan fingerprint density at radius 3 is 2.31 bits per heavy atom. The number of fused-ring (bicyclic) bond motifs is 3. The van der Waals surface area contributed by atoms with Gasteiger partial charge in [-0.25, -0.2) is 4.79 Å². The number of carbonyl (C=O) groups is 1. The van der Waals surface area contributed by atoms with Gasteiger partial charge in [-0.15, -0.1) is 11.8 Å². The molecule has 1 aliphatic carbocycles. The Balaban J connectivity index is 1.43. The van der Waals surface area contributed by atoms with Crippen LogP contribution in [0.2, 0.25) is 0 Å². The van der Waals surface area contributed by atoms with E-state index in [1.54, 1.807) is 11.8 Å². The Morgan fingerprint density at radius 1 is 1.03 bits per heavy atom. The molecule has 5 heteroatoms. The largest absolute Gasteiger partial charge is 0.448 e. The molecule has 0 fully saturated rings. The molecular weight excluding hydrogens is 382 g/mol. The van der Waals surface area contributed by atoms with Crippen molar-refractivity contribution in [2.75, 3.05) is 24.3 Å². The maximum absolute atomic E-state index is 12.4. The molecule has 29 heavy (non-hydrogen) atoms.